The Labute approximate surface area is 223 Å². The Morgan fingerprint density at radius 3 is 2.68 bits per heavy atom. The van der Waals surface area contributed by atoms with Crippen molar-refractivity contribution in [2.75, 3.05) is 5.32 Å². The van der Waals surface area contributed by atoms with E-state index in [1.807, 2.05) is 36.9 Å². The van der Waals surface area contributed by atoms with Gasteiger partial charge in [0, 0.05) is 34.6 Å². The molecule has 0 aromatic carbocycles. The lowest BCUT2D eigenvalue weighted by molar-refractivity contribution is 0.369. The van der Waals surface area contributed by atoms with E-state index in [-0.39, 0.29) is 0 Å². The number of rotatable bonds is 6. The fourth-order valence-corrected chi connectivity index (χ4v) is 6.04. The second-order valence-electron chi connectivity index (χ2n) is 10.2. The average Bonchev–Trinajstić information content (AvgIpc) is 3.28. The summed E-state index contributed by atoms with van der Waals surface area (Å²) in [6.45, 7) is 0. The van der Waals surface area contributed by atoms with Crippen molar-refractivity contribution in [1.82, 2.24) is 30.1 Å². The fraction of sp³-hybridized carbons (Fsp3) is 0.200. The third kappa shape index (κ3) is 3.71. The molecule has 0 unspecified atom stereocenters. The van der Waals surface area contributed by atoms with Crippen molar-refractivity contribution in [2.24, 2.45) is 5.92 Å². The first-order valence-electron chi connectivity index (χ1n) is 13.1. The number of H-pyrrole nitrogens is 2. The molecule has 0 aliphatic heterocycles. The molecular formula is C30H25N7S. The average molecular weight is 516 g/mol. The minimum Gasteiger partial charge on any atom is -0.357 e. The van der Waals surface area contributed by atoms with E-state index in [9.17, 15) is 0 Å². The van der Waals surface area contributed by atoms with Crippen LogP contribution in [0.4, 0.5) is 5.69 Å². The number of hydrogen-bond donors (Lipinski definition) is 3. The third-order valence-corrected chi connectivity index (χ3v) is 8.43. The topological polar surface area (TPSA) is 95.2 Å². The highest BCUT2D eigenvalue weighted by Gasteiger charge is 2.28. The standard InChI is InChI=1S/C30H25N7S/c1-2-17(3-1)28(18-4-5-18)33-21-10-20(12-31-13-21)24-6-7-25-29(35-24)30(37-36-25)26-11-22-23(19-8-9-38-16-19)14-32-15-27(22)34-26/h6-17,33-34H,1-5H2,(H,36,37). The first-order chi connectivity index (χ1) is 18.8. The molecule has 7 nitrogen and oxygen atoms in total. The molecule has 2 fully saturated rings. The van der Waals surface area contributed by atoms with Crippen LogP contribution in [-0.2, 0) is 0 Å². The molecule has 0 radical (unpaired) electrons. The van der Waals surface area contributed by atoms with Crippen LogP contribution in [0.15, 0.2) is 77.1 Å². The van der Waals surface area contributed by atoms with Gasteiger partial charge in [-0.2, -0.15) is 16.4 Å². The van der Waals surface area contributed by atoms with Gasteiger partial charge in [0.05, 0.1) is 40.5 Å². The molecule has 6 aromatic heterocycles. The van der Waals surface area contributed by atoms with E-state index in [0.717, 1.165) is 55.8 Å². The Kier molecular flexibility index (Phi) is 4.94. The number of fused-ring (bicyclic) bond motifs is 2. The number of anilines is 1. The summed E-state index contributed by atoms with van der Waals surface area (Å²) in [4.78, 5) is 17.6. The Balaban J connectivity index is 1.16. The Morgan fingerprint density at radius 2 is 1.87 bits per heavy atom. The molecule has 0 spiro atoms. The molecule has 0 amide bonds. The third-order valence-electron chi connectivity index (χ3n) is 7.75. The van der Waals surface area contributed by atoms with Crippen molar-refractivity contribution in [3.05, 3.63) is 77.1 Å². The molecule has 0 bridgehead atoms. The van der Waals surface area contributed by atoms with Gasteiger partial charge in [0.1, 0.15) is 11.2 Å². The van der Waals surface area contributed by atoms with Gasteiger partial charge in [0.2, 0.25) is 0 Å². The highest BCUT2D eigenvalue weighted by molar-refractivity contribution is 7.08. The molecule has 2 saturated carbocycles. The molecular weight excluding hydrogens is 490 g/mol. The van der Waals surface area contributed by atoms with Crippen LogP contribution in [0.3, 0.4) is 0 Å². The van der Waals surface area contributed by atoms with E-state index in [4.69, 9.17) is 4.98 Å². The summed E-state index contributed by atoms with van der Waals surface area (Å²) >= 11 is 1.69. The minimum atomic E-state index is 0.686. The van der Waals surface area contributed by atoms with Crippen molar-refractivity contribution in [3.63, 3.8) is 0 Å². The van der Waals surface area contributed by atoms with Crippen LogP contribution >= 0.6 is 11.3 Å². The van der Waals surface area contributed by atoms with Gasteiger partial charge in [-0.05, 0) is 83.8 Å². The maximum absolute atomic E-state index is 5.05. The molecule has 186 valence electrons. The normalized spacial score (nSPS) is 15.2. The van der Waals surface area contributed by atoms with E-state index >= 15 is 0 Å². The van der Waals surface area contributed by atoms with Gasteiger partial charge < -0.3 is 10.3 Å². The van der Waals surface area contributed by atoms with Gasteiger partial charge in [-0.1, -0.05) is 6.42 Å². The molecule has 38 heavy (non-hydrogen) atoms. The molecule has 0 saturated heterocycles. The van der Waals surface area contributed by atoms with Crippen molar-refractivity contribution < 1.29 is 0 Å². The van der Waals surface area contributed by atoms with Crippen molar-refractivity contribution in [3.8, 4) is 33.8 Å². The van der Waals surface area contributed by atoms with E-state index in [1.54, 1.807) is 16.9 Å². The Morgan fingerprint density at radius 1 is 0.947 bits per heavy atom. The molecule has 2 aliphatic carbocycles. The van der Waals surface area contributed by atoms with Gasteiger partial charge in [0.15, 0.2) is 0 Å². The van der Waals surface area contributed by atoms with Gasteiger partial charge in [0.25, 0.3) is 0 Å². The smallest absolute Gasteiger partial charge is 0.135 e. The number of pyridine rings is 3. The molecule has 2 aliphatic rings. The Bertz CT molecular complexity index is 1830. The summed E-state index contributed by atoms with van der Waals surface area (Å²) in [5.41, 5.74) is 12.6. The molecule has 6 heterocycles. The zero-order valence-corrected chi connectivity index (χ0v) is 21.5. The van der Waals surface area contributed by atoms with E-state index < -0.39 is 0 Å². The summed E-state index contributed by atoms with van der Waals surface area (Å²) in [7, 11) is 0. The number of thiophene rings is 1. The molecule has 6 aromatic rings. The summed E-state index contributed by atoms with van der Waals surface area (Å²) in [6.07, 6.45) is 14.0. The predicted octanol–water partition coefficient (Wildman–Crippen LogP) is 7.55. The van der Waals surface area contributed by atoms with Crippen LogP contribution in [0.5, 0.6) is 0 Å². The Hall–Kier alpha value is -4.30. The summed E-state index contributed by atoms with van der Waals surface area (Å²) < 4.78 is 0. The predicted molar refractivity (Wildman–Crippen MR) is 153 cm³/mol. The van der Waals surface area contributed by atoms with Crippen molar-refractivity contribution in [2.45, 2.75) is 32.1 Å². The SMILES string of the molecule is c1cc(-c2cncc3[nH]c(-c4n[nH]c5ccc(-c6cncc(NC(=C7CC7)C7CCC7)c6)nc45)cc23)cs1. The van der Waals surface area contributed by atoms with Crippen LogP contribution < -0.4 is 5.32 Å². The molecule has 8 heteroatoms. The largest absolute Gasteiger partial charge is 0.357 e. The van der Waals surface area contributed by atoms with Crippen LogP contribution in [-0.4, -0.2) is 30.1 Å². The first-order valence-corrected chi connectivity index (χ1v) is 14.0. The van der Waals surface area contributed by atoms with Crippen molar-refractivity contribution in [1.29, 1.82) is 0 Å². The van der Waals surface area contributed by atoms with Crippen LogP contribution in [0.2, 0.25) is 0 Å². The van der Waals surface area contributed by atoms with Crippen molar-refractivity contribution >= 4 is 39.0 Å². The van der Waals surface area contributed by atoms with E-state index in [1.165, 1.54) is 43.4 Å². The summed E-state index contributed by atoms with van der Waals surface area (Å²) in [5.74, 6) is 0.686. The van der Waals surface area contributed by atoms with Crippen LogP contribution in [0, 0.1) is 5.92 Å². The minimum absolute atomic E-state index is 0.686. The molecule has 0 atom stereocenters. The number of allylic oxidation sites excluding steroid dienone is 2. The number of nitrogens with one attached hydrogen (secondary N) is 3. The second-order valence-corrected chi connectivity index (χ2v) is 11.0. The monoisotopic (exact) mass is 515 g/mol. The zero-order valence-electron chi connectivity index (χ0n) is 20.7. The summed E-state index contributed by atoms with van der Waals surface area (Å²) in [6, 6.07) is 10.5. The fourth-order valence-electron chi connectivity index (χ4n) is 5.39. The lowest BCUT2D eigenvalue weighted by Crippen LogP contribution is -2.19. The first kappa shape index (κ1) is 21.8. The van der Waals surface area contributed by atoms with Gasteiger partial charge in [-0.3, -0.25) is 15.1 Å². The number of aromatic amines is 2. The van der Waals surface area contributed by atoms with Gasteiger partial charge in [-0.25, -0.2) is 4.98 Å². The van der Waals surface area contributed by atoms with Crippen LogP contribution in [0.25, 0.3) is 55.7 Å². The number of hydrogen-bond acceptors (Lipinski definition) is 6. The summed E-state index contributed by atoms with van der Waals surface area (Å²) in [5, 5.41) is 16.9. The zero-order chi connectivity index (χ0) is 25.1. The lowest BCUT2D eigenvalue weighted by atomic mass is 9.82. The highest BCUT2D eigenvalue weighted by Crippen LogP contribution is 2.42. The molecule has 3 N–H and O–H groups in total. The van der Waals surface area contributed by atoms with Gasteiger partial charge >= 0.3 is 0 Å². The van der Waals surface area contributed by atoms with E-state index in [0.29, 0.717) is 5.92 Å². The number of nitrogens with zero attached hydrogens (tertiary/aromatic N) is 4. The number of aromatic nitrogens is 6. The maximum Gasteiger partial charge on any atom is 0.135 e. The quantitative estimate of drug-likeness (QED) is 0.213. The van der Waals surface area contributed by atoms with Crippen LogP contribution in [0.1, 0.15) is 32.1 Å². The molecule has 8 rings (SSSR count). The van der Waals surface area contributed by atoms with Gasteiger partial charge in [-0.15, -0.1) is 0 Å². The highest BCUT2D eigenvalue weighted by atomic mass is 32.1. The second kappa shape index (κ2) is 8.63. The maximum atomic E-state index is 5.05. The van der Waals surface area contributed by atoms with E-state index in [2.05, 4.69) is 59.4 Å². The lowest BCUT2D eigenvalue weighted by Gasteiger charge is -2.29.